The van der Waals surface area contributed by atoms with Gasteiger partial charge in [-0.1, -0.05) is 19.1 Å². The molecule has 3 heterocycles. The fraction of sp³-hybridized carbons (Fsp3) is 0.435. The third-order valence-electron chi connectivity index (χ3n) is 6.76. The van der Waals surface area contributed by atoms with Crippen LogP contribution in [0.15, 0.2) is 34.9 Å². The van der Waals surface area contributed by atoms with Gasteiger partial charge in [-0.3, -0.25) is 9.59 Å². The van der Waals surface area contributed by atoms with Crippen LogP contribution >= 0.6 is 11.8 Å². The van der Waals surface area contributed by atoms with E-state index in [1.807, 2.05) is 0 Å². The smallest absolute Gasteiger partial charge is 0.545 e. The number of aliphatic hydroxyl groups excluding tert-OH is 1. The molecule has 0 bridgehead atoms. The van der Waals surface area contributed by atoms with Crippen molar-refractivity contribution in [3.8, 4) is 0 Å². The van der Waals surface area contributed by atoms with Gasteiger partial charge in [-0.25, -0.2) is 0 Å². The van der Waals surface area contributed by atoms with Gasteiger partial charge in [0, 0.05) is 34.9 Å². The first kappa shape index (κ1) is 36.4. The van der Waals surface area contributed by atoms with Crippen LogP contribution in [0.5, 0.6) is 0 Å². The fourth-order valence-corrected chi connectivity index (χ4v) is 6.67. The first-order valence-electron chi connectivity index (χ1n) is 11.2. The molecule has 2 N–H and O–H groups in total. The second kappa shape index (κ2) is 15.1. The first-order chi connectivity index (χ1) is 17.0. The summed E-state index contributed by atoms with van der Waals surface area (Å²) in [5, 5.41) is 45.9. The van der Waals surface area contributed by atoms with Crippen molar-refractivity contribution in [3.63, 3.8) is 0 Å². The number of nitrogens with one attached hydrogen (secondary N) is 1. The van der Waals surface area contributed by atoms with Crippen LogP contribution in [0.2, 0.25) is 0 Å². The van der Waals surface area contributed by atoms with E-state index in [-0.39, 0.29) is 138 Å². The Hall–Kier alpha value is -0.580. The normalized spacial score (nSPS) is 25.0. The van der Waals surface area contributed by atoms with E-state index in [0.717, 1.165) is 16.7 Å². The summed E-state index contributed by atoms with van der Waals surface area (Å²) in [4.78, 5) is 62.5. The summed E-state index contributed by atoms with van der Waals surface area (Å²) in [6, 6.07) is 3.70. The maximum Gasteiger partial charge on any atom is 1.00 e. The van der Waals surface area contributed by atoms with Gasteiger partial charge in [0.25, 0.3) is 0 Å². The van der Waals surface area contributed by atoms with E-state index in [4.69, 9.17) is 0 Å². The molecule has 0 aliphatic carbocycles. The number of nitrogens with zero attached hydrogens (tertiary/aromatic N) is 2. The van der Waals surface area contributed by atoms with Crippen LogP contribution in [-0.4, -0.2) is 75.2 Å². The second-order valence-corrected chi connectivity index (χ2v) is 10.2. The number of anilines is 1. The third-order valence-corrected chi connectivity index (χ3v) is 8.25. The van der Waals surface area contributed by atoms with Gasteiger partial charge in [-0.05, 0) is 30.5 Å². The van der Waals surface area contributed by atoms with Crippen molar-refractivity contribution in [3.05, 3.63) is 40.4 Å². The Morgan fingerprint density at radius 3 is 2.33 bits per heavy atom. The number of hydrogen-bond acceptors (Lipinski definition) is 10. The van der Waals surface area contributed by atoms with Crippen LogP contribution in [0, 0.1) is 11.8 Å². The molecule has 5 atom stereocenters. The maximum atomic E-state index is 12.9. The number of aliphatic carboxylic acids is 1. The molecule has 2 saturated heterocycles. The maximum absolute atomic E-state index is 12.9. The zero-order chi connectivity index (χ0) is 26.3. The standard InChI is InChI=1S/C23H25N3O9S.3Na/c1-10-16-14(5-6-27)20(29)26(16)17(22(32)33)18(10)36-13-8-15(25(9-13)23(34)35)19(28)24-12-4-2-3-11(7-12)21(30)31;;;/h2-4,7,10,13-16,27H,5-6,8-9H2,1H3,(H,24,28)(H,30,31)(H,32,33)(H,34,35);;;/q;3*+1/p-3/t10-,13+,14+,15+,16-;;;/m1.../s1. The molecule has 0 unspecified atom stereocenters. The van der Waals surface area contributed by atoms with Crippen LogP contribution in [0.25, 0.3) is 0 Å². The van der Waals surface area contributed by atoms with Crippen molar-refractivity contribution in [2.45, 2.75) is 37.1 Å². The molecule has 1 aromatic carbocycles. The molecule has 39 heavy (non-hydrogen) atoms. The summed E-state index contributed by atoms with van der Waals surface area (Å²) < 4.78 is 0. The Bertz CT molecular complexity index is 1180. The SMILES string of the molecule is C[C@H]1C(S[C@H]2C[C@@H](C(=O)Nc3cccc(C(=O)[O-])c3)N(C(=O)[O-])C2)=C(C(=O)[O-])N2C(=O)[C@@H](CCO)[C@@H]12.[Na+].[Na+].[Na+]. The molecular formula is C23H22N3Na3O9S. The molecular weight excluding hydrogens is 563 g/mol. The monoisotopic (exact) mass is 585 g/mol. The van der Waals surface area contributed by atoms with Crippen LogP contribution in [-0.2, 0) is 14.4 Å². The number of rotatable bonds is 8. The first-order valence-corrected chi connectivity index (χ1v) is 12.1. The molecule has 0 radical (unpaired) electrons. The van der Waals surface area contributed by atoms with E-state index in [0.29, 0.717) is 4.91 Å². The molecule has 16 heteroatoms. The zero-order valence-corrected chi connectivity index (χ0v) is 28.9. The summed E-state index contributed by atoms with van der Waals surface area (Å²) in [7, 11) is 0. The van der Waals surface area contributed by atoms with Gasteiger partial charge in [-0.15, -0.1) is 11.8 Å². The zero-order valence-electron chi connectivity index (χ0n) is 22.0. The molecule has 3 amide bonds. The summed E-state index contributed by atoms with van der Waals surface area (Å²) in [6.45, 7) is 1.41. The molecule has 0 spiro atoms. The van der Waals surface area contributed by atoms with E-state index in [1.54, 1.807) is 6.92 Å². The number of thioether (sulfide) groups is 1. The Morgan fingerprint density at radius 2 is 1.77 bits per heavy atom. The molecule has 192 valence electrons. The van der Waals surface area contributed by atoms with Gasteiger partial charge < -0.3 is 49.9 Å². The van der Waals surface area contributed by atoms with Crippen LogP contribution < -0.4 is 109 Å². The number of aromatic carboxylic acids is 1. The molecule has 0 aromatic heterocycles. The van der Waals surface area contributed by atoms with E-state index < -0.39 is 53.1 Å². The van der Waals surface area contributed by atoms with Crippen molar-refractivity contribution < 1.29 is 133 Å². The quantitative estimate of drug-likeness (QED) is 0.219. The number of benzene rings is 1. The number of carbonyl (C=O) groups is 5. The van der Waals surface area contributed by atoms with Crippen molar-refractivity contribution >= 4 is 47.3 Å². The second-order valence-electron chi connectivity index (χ2n) is 8.87. The molecule has 12 nitrogen and oxygen atoms in total. The minimum absolute atomic E-state index is 0. The minimum atomic E-state index is -1.59. The average molecular weight is 585 g/mol. The van der Waals surface area contributed by atoms with Crippen molar-refractivity contribution in [2.24, 2.45) is 11.8 Å². The molecule has 3 aliphatic heterocycles. The van der Waals surface area contributed by atoms with Gasteiger partial charge in [0.2, 0.25) is 11.8 Å². The summed E-state index contributed by atoms with van der Waals surface area (Å²) >= 11 is 1.09. The topological polar surface area (TPSA) is 193 Å². The minimum Gasteiger partial charge on any atom is -0.545 e. The Labute approximate surface area is 294 Å². The number of carboxylic acids is 2. The van der Waals surface area contributed by atoms with Gasteiger partial charge in [0.1, 0.15) is 12.1 Å². The van der Waals surface area contributed by atoms with Crippen molar-refractivity contribution in [1.29, 1.82) is 0 Å². The van der Waals surface area contributed by atoms with Crippen molar-refractivity contribution in [1.82, 2.24) is 9.80 Å². The number of carboxylic acid groups (broad SMARTS) is 3. The van der Waals surface area contributed by atoms with Crippen molar-refractivity contribution in [2.75, 3.05) is 18.5 Å². The van der Waals surface area contributed by atoms with Gasteiger partial charge in [0.15, 0.2) is 0 Å². The van der Waals surface area contributed by atoms with E-state index in [2.05, 4.69) is 5.32 Å². The third kappa shape index (κ3) is 7.26. The number of carbonyl (C=O) groups excluding carboxylic acids is 5. The van der Waals surface area contributed by atoms with E-state index in [9.17, 15) is 44.4 Å². The predicted octanol–water partition coefficient (Wildman–Crippen LogP) is -11.7. The molecule has 3 aliphatic rings. The van der Waals surface area contributed by atoms with Gasteiger partial charge in [-0.2, -0.15) is 0 Å². The Balaban J connectivity index is 0.00000253. The van der Waals surface area contributed by atoms with Crippen LogP contribution in [0.1, 0.15) is 30.1 Å². The fourth-order valence-electron chi connectivity index (χ4n) is 5.15. The Morgan fingerprint density at radius 1 is 1.10 bits per heavy atom. The number of fused-ring (bicyclic) bond motifs is 1. The van der Waals surface area contributed by atoms with E-state index >= 15 is 0 Å². The predicted molar refractivity (Wildman–Crippen MR) is 118 cm³/mol. The number of β-lactam (4-membered cyclic amide) rings is 1. The summed E-state index contributed by atoms with van der Waals surface area (Å²) in [5.41, 5.74) is -0.288. The number of aliphatic hydroxyl groups is 1. The van der Waals surface area contributed by atoms with E-state index in [1.165, 1.54) is 29.2 Å². The number of hydrogen-bond donors (Lipinski definition) is 2. The average Bonchev–Trinajstić information content (AvgIpc) is 3.36. The van der Waals surface area contributed by atoms with Crippen LogP contribution in [0.3, 0.4) is 0 Å². The molecule has 1 aromatic rings. The number of amides is 3. The van der Waals surface area contributed by atoms with Crippen LogP contribution in [0.4, 0.5) is 10.5 Å². The molecule has 2 fully saturated rings. The summed E-state index contributed by atoms with van der Waals surface area (Å²) in [5.74, 6) is -4.97. The number of likely N-dealkylation sites (tertiary alicyclic amines) is 1. The van der Waals surface area contributed by atoms with Gasteiger partial charge >= 0.3 is 88.7 Å². The summed E-state index contributed by atoms with van der Waals surface area (Å²) in [6.07, 6.45) is -1.36. The Kier molecular flexibility index (Phi) is 14.1. The van der Waals surface area contributed by atoms with Gasteiger partial charge in [0.05, 0.1) is 29.6 Å². The molecule has 0 saturated carbocycles. The largest absolute Gasteiger partial charge is 1.00 e. The molecule has 4 rings (SSSR count).